The molecule has 3 aromatic carbocycles. The van der Waals surface area contributed by atoms with Crippen LogP contribution in [-0.2, 0) is 6.42 Å². The number of fused-ring (bicyclic) bond motifs is 2. The Morgan fingerprint density at radius 3 is 2.52 bits per heavy atom. The maximum absolute atomic E-state index is 4.69. The van der Waals surface area contributed by atoms with E-state index >= 15 is 0 Å². The van der Waals surface area contributed by atoms with E-state index < -0.39 is 0 Å². The zero-order chi connectivity index (χ0) is 20.6. The van der Waals surface area contributed by atoms with Crippen LogP contribution >= 0.6 is 0 Å². The van der Waals surface area contributed by atoms with Crippen LogP contribution in [0.1, 0.15) is 44.8 Å². The van der Waals surface area contributed by atoms with Crippen molar-refractivity contribution in [3.05, 3.63) is 92.9 Å². The Bertz CT molecular complexity index is 1340. The molecule has 0 N–H and O–H groups in total. The number of hydrogen-bond donors (Lipinski definition) is 0. The van der Waals surface area contributed by atoms with Gasteiger partial charge in [0, 0.05) is 0 Å². The van der Waals surface area contributed by atoms with Gasteiger partial charge < -0.3 is 0 Å². The van der Waals surface area contributed by atoms with Crippen molar-refractivity contribution in [3.8, 4) is 11.3 Å². The first-order valence-corrected chi connectivity index (χ1v) is 13.8. The second-order valence-corrected chi connectivity index (χ2v) is 11.4. The number of rotatable bonds is 4. The Balaban J connectivity index is 1.51. The van der Waals surface area contributed by atoms with Gasteiger partial charge in [-0.15, -0.1) is 0 Å². The molecular weight excluding hydrogens is 514 g/mol. The van der Waals surface area contributed by atoms with Gasteiger partial charge in [0.25, 0.3) is 0 Å². The van der Waals surface area contributed by atoms with Crippen LogP contribution in [0.25, 0.3) is 22.0 Å². The predicted molar refractivity (Wildman–Crippen MR) is 125 cm³/mol. The van der Waals surface area contributed by atoms with Crippen LogP contribution in [0.15, 0.2) is 72.8 Å². The molecule has 0 saturated heterocycles. The average molecular weight is 534 g/mol. The van der Waals surface area contributed by atoms with Crippen molar-refractivity contribution in [1.29, 1.82) is 0 Å². The summed E-state index contributed by atoms with van der Waals surface area (Å²) in [4.78, 5) is 0. The topological polar surface area (TPSA) is 51.6 Å². The molecule has 2 heterocycles. The Morgan fingerprint density at radius 1 is 0.806 bits per heavy atom. The third-order valence-corrected chi connectivity index (χ3v) is 9.60. The van der Waals surface area contributed by atoms with Gasteiger partial charge in [-0.3, -0.25) is 0 Å². The molecule has 1 aliphatic carbocycles. The predicted octanol–water partition coefficient (Wildman–Crippen LogP) is 4.45. The first kappa shape index (κ1) is 19.3. The van der Waals surface area contributed by atoms with Crippen LogP contribution in [0.5, 0.6) is 0 Å². The third-order valence-electron chi connectivity index (χ3n) is 6.24. The summed E-state index contributed by atoms with van der Waals surface area (Å²) in [5.41, 5.74) is 4.83. The monoisotopic (exact) mass is 536 g/mol. The number of benzene rings is 3. The zero-order valence-corrected chi connectivity index (χ0v) is 20.2. The van der Waals surface area contributed by atoms with Crippen LogP contribution in [0.3, 0.4) is 0 Å². The van der Waals surface area contributed by atoms with Crippen molar-refractivity contribution >= 4 is 40.2 Å². The molecule has 152 valence electrons. The Hall–Kier alpha value is -2.36. The molecule has 1 aliphatic rings. The molecule has 0 radical (unpaired) electrons. The summed E-state index contributed by atoms with van der Waals surface area (Å²) in [7, 11) is 0. The first-order valence-electron chi connectivity index (χ1n) is 10.6. The minimum absolute atomic E-state index is 0.000543. The summed E-state index contributed by atoms with van der Waals surface area (Å²) >= 11 is 0.195. The van der Waals surface area contributed by atoms with Gasteiger partial charge >= 0.3 is 194 Å². The normalized spacial score (nSPS) is 16.8. The zero-order valence-electron chi connectivity index (χ0n) is 16.8. The van der Waals surface area contributed by atoms with Crippen LogP contribution in [0.4, 0.5) is 0 Å². The fraction of sp³-hybridized carbons (Fsp3) is 0.200. The van der Waals surface area contributed by atoms with Crippen molar-refractivity contribution in [2.75, 3.05) is 0 Å². The van der Waals surface area contributed by atoms with Gasteiger partial charge in [-0.1, -0.05) is 0 Å². The molecule has 5 aromatic rings. The van der Waals surface area contributed by atoms with Gasteiger partial charge in [-0.05, 0) is 0 Å². The summed E-state index contributed by atoms with van der Waals surface area (Å²) in [5, 5.41) is 11.8. The van der Waals surface area contributed by atoms with Crippen molar-refractivity contribution in [1.82, 2.24) is 18.4 Å². The van der Waals surface area contributed by atoms with Crippen LogP contribution in [0, 0.1) is 0 Å². The number of hydrogen-bond acceptors (Lipinski definition) is 4. The number of aryl methyl sites for hydroxylation is 1. The van der Waals surface area contributed by atoms with Gasteiger partial charge in [0.15, 0.2) is 0 Å². The number of aromatic nitrogens is 4. The molecule has 4 nitrogen and oxygen atoms in total. The summed E-state index contributed by atoms with van der Waals surface area (Å²) < 4.78 is 11.9. The fourth-order valence-electron chi connectivity index (χ4n) is 4.78. The number of nitrogens with zero attached hydrogens (tertiary/aromatic N) is 4. The maximum atomic E-state index is 4.69. The first-order chi connectivity index (χ1) is 15.4. The molecule has 0 spiro atoms. The molecule has 0 amide bonds. The molecule has 2 aromatic heterocycles. The quantitative estimate of drug-likeness (QED) is 0.320. The van der Waals surface area contributed by atoms with Gasteiger partial charge in [0.2, 0.25) is 0 Å². The molecule has 6 rings (SSSR count). The summed E-state index contributed by atoms with van der Waals surface area (Å²) in [6.07, 6.45) is 3.54. The van der Waals surface area contributed by atoms with Gasteiger partial charge in [0.1, 0.15) is 0 Å². The molecule has 0 fully saturated rings. The Kier molecular flexibility index (Phi) is 5.17. The van der Waals surface area contributed by atoms with Crippen LogP contribution < -0.4 is 0 Å². The van der Waals surface area contributed by atoms with E-state index in [2.05, 4.69) is 91.2 Å². The van der Waals surface area contributed by atoms with Gasteiger partial charge in [-0.25, -0.2) is 0 Å². The Labute approximate surface area is 193 Å². The van der Waals surface area contributed by atoms with Crippen molar-refractivity contribution in [3.63, 3.8) is 0 Å². The van der Waals surface area contributed by atoms with E-state index in [-0.39, 0.29) is 35.4 Å². The van der Waals surface area contributed by atoms with E-state index in [1.165, 1.54) is 42.9 Å². The molecule has 0 saturated carbocycles. The van der Waals surface area contributed by atoms with E-state index in [1.807, 2.05) is 0 Å². The average Bonchev–Trinajstić information content (AvgIpc) is 3.50. The molecule has 0 aliphatic heterocycles. The van der Waals surface area contributed by atoms with Crippen LogP contribution in [0.2, 0.25) is 0 Å². The Morgan fingerprint density at radius 2 is 1.61 bits per heavy atom. The third kappa shape index (κ3) is 3.54. The van der Waals surface area contributed by atoms with Crippen molar-refractivity contribution < 1.29 is 0 Å². The van der Waals surface area contributed by atoms with E-state index in [9.17, 15) is 0 Å². The molecule has 6 heteroatoms. The molecule has 0 bridgehead atoms. The van der Waals surface area contributed by atoms with E-state index in [0.717, 1.165) is 18.5 Å². The van der Waals surface area contributed by atoms with E-state index in [1.54, 1.807) is 0 Å². The van der Waals surface area contributed by atoms with E-state index in [0.29, 0.717) is 5.92 Å². The summed E-state index contributed by atoms with van der Waals surface area (Å²) in [6, 6.07) is 26.1. The summed E-state index contributed by atoms with van der Waals surface area (Å²) in [5.74, 6) is 0.630. The van der Waals surface area contributed by atoms with E-state index in [4.69, 9.17) is 0 Å². The molecule has 31 heavy (non-hydrogen) atoms. The molecule has 0 unspecified atom stereocenters. The van der Waals surface area contributed by atoms with Crippen molar-refractivity contribution in [2.45, 2.75) is 31.1 Å². The van der Waals surface area contributed by atoms with Crippen LogP contribution in [-0.4, -0.2) is 47.9 Å². The second-order valence-electron chi connectivity index (χ2n) is 8.02. The minimum atomic E-state index is 0.000543. The van der Waals surface area contributed by atoms with Gasteiger partial charge in [-0.2, -0.15) is 0 Å². The standard InChI is InChI=1S/C25H20N4Se2/c1-2-8-17(9-3-1)22(20-11-6-12-21-24(20)27-28-30-21)25-23(26-29-31-25)19-14-13-16-7-4-5-10-18(16)15-19/h1-5,7-10,13-15,20,22H,6,11-12H2/t20-,22-/m0/s1. The second kappa shape index (κ2) is 8.29. The van der Waals surface area contributed by atoms with Gasteiger partial charge in [0.05, 0.1) is 0 Å². The molecule has 2 atom stereocenters. The fourth-order valence-corrected chi connectivity index (χ4v) is 8.17. The SMILES string of the molecule is c1ccc([C@H](c2[se]nnc2-c2ccc3ccccc3c2)[C@@H]2CCCc3[se]nnc32)cc1. The summed E-state index contributed by atoms with van der Waals surface area (Å²) in [6.45, 7) is 0. The molecular formula is C25H20N4Se2. The van der Waals surface area contributed by atoms with Crippen molar-refractivity contribution in [2.24, 2.45) is 0 Å².